The van der Waals surface area contributed by atoms with Gasteiger partial charge in [-0.25, -0.2) is 0 Å². The van der Waals surface area contributed by atoms with Crippen molar-refractivity contribution >= 4 is 0 Å². The van der Waals surface area contributed by atoms with Crippen LogP contribution in [-0.2, 0) is 0 Å². The van der Waals surface area contributed by atoms with Gasteiger partial charge in [-0.3, -0.25) is 9.97 Å². The number of hydrogen-bond acceptors (Lipinski definition) is 4. The Hall–Kier alpha value is -1.94. The molecular weight excluding hydrogens is 238 g/mol. The smallest absolute Gasteiger partial charge is 0.137 e. The van der Waals surface area contributed by atoms with Gasteiger partial charge in [-0.15, -0.1) is 0 Å². The standard InChI is InChI=1S/C15H19N3O/c1-3-17-15(14-7-5-6-8-18-14)12-9-13(19-4-2)11-16-10-12/h5-11,15,17H,3-4H2,1-2H3. The second-order valence-corrected chi connectivity index (χ2v) is 4.13. The van der Waals surface area contributed by atoms with E-state index in [1.54, 1.807) is 12.4 Å². The third kappa shape index (κ3) is 3.51. The van der Waals surface area contributed by atoms with Crippen LogP contribution in [0.15, 0.2) is 42.9 Å². The molecule has 100 valence electrons. The number of nitrogens with one attached hydrogen (secondary N) is 1. The lowest BCUT2D eigenvalue weighted by molar-refractivity contribution is 0.338. The van der Waals surface area contributed by atoms with Gasteiger partial charge < -0.3 is 10.1 Å². The molecule has 0 aromatic carbocycles. The Balaban J connectivity index is 2.31. The number of hydrogen-bond donors (Lipinski definition) is 1. The molecular formula is C15H19N3O. The Morgan fingerprint density at radius 1 is 1.26 bits per heavy atom. The zero-order valence-corrected chi connectivity index (χ0v) is 11.3. The van der Waals surface area contributed by atoms with E-state index < -0.39 is 0 Å². The fourth-order valence-corrected chi connectivity index (χ4v) is 1.98. The predicted octanol–water partition coefficient (Wildman–Crippen LogP) is 2.57. The highest BCUT2D eigenvalue weighted by Gasteiger charge is 2.15. The third-order valence-corrected chi connectivity index (χ3v) is 2.77. The number of rotatable bonds is 6. The molecule has 2 rings (SSSR count). The molecule has 2 heterocycles. The molecule has 1 unspecified atom stereocenters. The predicted molar refractivity (Wildman–Crippen MR) is 75.2 cm³/mol. The van der Waals surface area contributed by atoms with Crippen molar-refractivity contribution in [1.29, 1.82) is 0 Å². The first kappa shape index (κ1) is 13.5. The van der Waals surface area contributed by atoms with Gasteiger partial charge in [0.1, 0.15) is 5.75 Å². The van der Waals surface area contributed by atoms with E-state index in [0.717, 1.165) is 23.6 Å². The van der Waals surface area contributed by atoms with E-state index in [1.165, 1.54) is 0 Å². The average molecular weight is 257 g/mol. The molecule has 0 aliphatic carbocycles. The highest BCUT2D eigenvalue weighted by atomic mass is 16.5. The number of pyridine rings is 2. The van der Waals surface area contributed by atoms with Gasteiger partial charge in [-0.2, -0.15) is 0 Å². The van der Waals surface area contributed by atoms with Gasteiger partial charge in [0.15, 0.2) is 0 Å². The zero-order valence-electron chi connectivity index (χ0n) is 11.3. The molecule has 0 saturated heterocycles. The summed E-state index contributed by atoms with van der Waals surface area (Å²) in [7, 11) is 0. The fraction of sp³-hybridized carbons (Fsp3) is 0.333. The van der Waals surface area contributed by atoms with Crippen LogP contribution in [0.1, 0.15) is 31.1 Å². The van der Waals surface area contributed by atoms with Crippen molar-refractivity contribution in [3.05, 3.63) is 54.1 Å². The molecule has 2 aromatic rings. The Kier molecular flexibility index (Phi) is 4.86. The van der Waals surface area contributed by atoms with E-state index in [1.807, 2.05) is 37.4 Å². The summed E-state index contributed by atoms with van der Waals surface area (Å²) < 4.78 is 5.50. The number of nitrogens with zero attached hydrogens (tertiary/aromatic N) is 2. The summed E-state index contributed by atoms with van der Waals surface area (Å²) in [6.07, 6.45) is 5.39. The van der Waals surface area contributed by atoms with Crippen molar-refractivity contribution in [3.8, 4) is 5.75 Å². The molecule has 0 spiro atoms. The first-order valence-electron chi connectivity index (χ1n) is 6.57. The van der Waals surface area contributed by atoms with Gasteiger partial charge in [0.05, 0.1) is 24.5 Å². The average Bonchev–Trinajstić information content (AvgIpc) is 2.46. The quantitative estimate of drug-likeness (QED) is 0.864. The summed E-state index contributed by atoms with van der Waals surface area (Å²) in [5, 5.41) is 3.43. The van der Waals surface area contributed by atoms with E-state index in [9.17, 15) is 0 Å². The van der Waals surface area contributed by atoms with Crippen molar-refractivity contribution in [2.24, 2.45) is 0 Å². The monoisotopic (exact) mass is 257 g/mol. The van der Waals surface area contributed by atoms with Crippen LogP contribution in [0.25, 0.3) is 0 Å². The maximum atomic E-state index is 5.50. The molecule has 1 N–H and O–H groups in total. The Labute approximate surface area is 113 Å². The van der Waals surface area contributed by atoms with Crippen molar-refractivity contribution in [3.63, 3.8) is 0 Å². The molecule has 0 fully saturated rings. The van der Waals surface area contributed by atoms with Crippen LogP contribution in [0.2, 0.25) is 0 Å². The summed E-state index contributed by atoms with van der Waals surface area (Å²) >= 11 is 0. The second kappa shape index (κ2) is 6.85. The van der Waals surface area contributed by atoms with Crippen molar-refractivity contribution in [2.75, 3.05) is 13.2 Å². The lowest BCUT2D eigenvalue weighted by atomic mass is 10.0. The minimum absolute atomic E-state index is 0.0408. The molecule has 0 bridgehead atoms. The summed E-state index contributed by atoms with van der Waals surface area (Å²) in [6, 6.07) is 7.98. The van der Waals surface area contributed by atoms with Crippen LogP contribution in [0.4, 0.5) is 0 Å². The highest BCUT2D eigenvalue weighted by molar-refractivity contribution is 5.31. The van der Waals surface area contributed by atoms with E-state index in [4.69, 9.17) is 4.74 Å². The first-order valence-corrected chi connectivity index (χ1v) is 6.57. The lowest BCUT2D eigenvalue weighted by Gasteiger charge is -2.18. The van der Waals surface area contributed by atoms with Gasteiger partial charge >= 0.3 is 0 Å². The summed E-state index contributed by atoms with van der Waals surface area (Å²) in [4.78, 5) is 8.66. The molecule has 1 atom stereocenters. The van der Waals surface area contributed by atoms with E-state index in [0.29, 0.717) is 6.61 Å². The third-order valence-electron chi connectivity index (χ3n) is 2.77. The van der Waals surface area contributed by atoms with Crippen molar-refractivity contribution < 1.29 is 4.74 Å². The molecule has 0 radical (unpaired) electrons. The van der Waals surface area contributed by atoms with Gasteiger partial charge in [0.25, 0.3) is 0 Å². The Morgan fingerprint density at radius 2 is 2.16 bits per heavy atom. The molecule has 0 amide bonds. The minimum Gasteiger partial charge on any atom is -0.492 e. The van der Waals surface area contributed by atoms with Crippen LogP contribution in [0, 0.1) is 0 Å². The maximum absolute atomic E-state index is 5.50. The van der Waals surface area contributed by atoms with Crippen molar-refractivity contribution in [1.82, 2.24) is 15.3 Å². The summed E-state index contributed by atoms with van der Waals surface area (Å²) in [5.41, 5.74) is 2.05. The Bertz CT molecular complexity index is 502. The number of aromatic nitrogens is 2. The first-order chi connectivity index (χ1) is 9.35. The van der Waals surface area contributed by atoms with Crippen LogP contribution in [-0.4, -0.2) is 23.1 Å². The molecule has 0 saturated carbocycles. The molecule has 19 heavy (non-hydrogen) atoms. The molecule has 4 nitrogen and oxygen atoms in total. The van der Waals surface area contributed by atoms with E-state index in [-0.39, 0.29) is 6.04 Å². The van der Waals surface area contributed by atoms with Gasteiger partial charge in [0.2, 0.25) is 0 Å². The van der Waals surface area contributed by atoms with Crippen LogP contribution < -0.4 is 10.1 Å². The van der Waals surface area contributed by atoms with E-state index >= 15 is 0 Å². The Morgan fingerprint density at radius 3 is 2.84 bits per heavy atom. The molecule has 0 aliphatic heterocycles. The second-order valence-electron chi connectivity index (χ2n) is 4.13. The molecule has 4 heteroatoms. The highest BCUT2D eigenvalue weighted by Crippen LogP contribution is 2.22. The zero-order chi connectivity index (χ0) is 13.5. The SMILES string of the molecule is CCNC(c1cncc(OCC)c1)c1ccccn1. The number of ether oxygens (including phenoxy) is 1. The van der Waals surface area contributed by atoms with Gasteiger partial charge in [-0.05, 0) is 37.2 Å². The minimum atomic E-state index is 0.0408. The van der Waals surface area contributed by atoms with Crippen LogP contribution in [0.5, 0.6) is 5.75 Å². The lowest BCUT2D eigenvalue weighted by Crippen LogP contribution is -2.23. The van der Waals surface area contributed by atoms with Crippen LogP contribution in [0.3, 0.4) is 0 Å². The topological polar surface area (TPSA) is 47.0 Å². The maximum Gasteiger partial charge on any atom is 0.137 e. The van der Waals surface area contributed by atoms with Crippen LogP contribution >= 0.6 is 0 Å². The normalized spacial score (nSPS) is 12.1. The fourth-order valence-electron chi connectivity index (χ4n) is 1.98. The summed E-state index contributed by atoms with van der Waals surface area (Å²) in [6.45, 7) is 5.55. The largest absolute Gasteiger partial charge is 0.492 e. The van der Waals surface area contributed by atoms with Gasteiger partial charge in [0, 0.05) is 12.4 Å². The van der Waals surface area contributed by atoms with E-state index in [2.05, 4.69) is 22.2 Å². The molecule has 2 aromatic heterocycles. The van der Waals surface area contributed by atoms with Gasteiger partial charge in [-0.1, -0.05) is 13.0 Å². The molecule has 0 aliphatic rings. The van der Waals surface area contributed by atoms with Crippen molar-refractivity contribution in [2.45, 2.75) is 19.9 Å². The summed E-state index contributed by atoms with van der Waals surface area (Å²) in [5.74, 6) is 0.791.